The maximum absolute atomic E-state index is 8.78. The van der Waals surface area contributed by atoms with Crippen LogP contribution in [0, 0.1) is 0 Å². The van der Waals surface area contributed by atoms with Gasteiger partial charge in [0.25, 0.3) is 0 Å². The molecule has 0 radical (unpaired) electrons. The second-order valence-corrected chi connectivity index (χ2v) is 7.82. The Bertz CT molecular complexity index is 1100. The van der Waals surface area contributed by atoms with Crippen molar-refractivity contribution < 1.29 is 14.3 Å². The number of rotatable bonds is 5. The Hall–Kier alpha value is -1.60. The first kappa shape index (κ1) is 17.8. The van der Waals surface area contributed by atoms with Crippen molar-refractivity contribution in [3.05, 3.63) is 47.6 Å². The third-order valence-electron chi connectivity index (χ3n) is 4.11. The maximum Gasteiger partial charge on any atom is 0.327 e. The van der Waals surface area contributed by atoms with Crippen LogP contribution in [0.25, 0.3) is 33.1 Å². The average molecular weight is 408 g/mol. The van der Waals surface area contributed by atoms with Gasteiger partial charge < -0.3 is 23.9 Å². The molecular formula is C17H15ClN3O3PS. The molecular weight excluding hydrogens is 393 g/mol. The largest absolute Gasteiger partial charge is 0.351 e. The van der Waals surface area contributed by atoms with Gasteiger partial charge in [-0.25, -0.2) is 4.98 Å². The quantitative estimate of drug-likeness (QED) is 0.255. The normalized spacial score (nSPS) is 11.9. The van der Waals surface area contributed by atoms with Crippen molar-refractivity contribution in [1.29, 1.82) is 0 Å². The molecule has 4 aromatic rings. The van der Waals surface area contributed by atoms with E-state index in [2.05, 4.69) is 38.8 Å². The van der Waals surface area contributed by atoms with Crippen LogP contribution in [0.5, 0.6) is 0 Å². The average Bonchev–Trinajstić information content (AvgIpc) is 3.16. The molecule has 2 heterocycles. The number of hydrogen-bond acceptors (Lipinski definition) is 5. The summed E-state index contributed by atoms with van der Waals surface area (Å²) in [6.07, 6.45) is 2.03. The molecule has 0 aliphatic carbocycles. The Morgan fingerprint density at radius 2 is 2.12 bits per heavy atom. The van der Waals surface area contributed by atoms with Crippen LogP contribution in [0.1, 0.15) is 0 Å². The number of thioether (sulfide) groups is 1. The van der Waals surface area contributed by atoms with Gasteiger partial charge in [0.1, 0.15) is 5.94 Å². The number of aromatic amines is 1. The fraction of sp³-hybridized carbons (Fsp3) is 0.118. The molecule has 0 saturated heterocycles. The van der Waals surface area contributed by atoms with E-state index in [1.54, 1.807) is 0 Å². The first-order valence-corrected chi connectivity index (χ1v) is 10.2. The second kappa shape index (κ2) is 7.19. The summed E-state index contributed by atoms with van der Waals surface area (Å²) in [4.78, 5) is 25.2. The molecule has 3 N–H and O–H groups in total. The number of nitrogens with zero attached hydrogens (tertiary/aromatic N) is 2. The molecule has 2 aromatic heterocycles. The van der Waals surface area contributed by atoms with Crippen LogP contribution >= 0.6 is 32.0 Å². The second-order valence-electron chi connectivity index (χ2n) is 5.74. The molecule has 2 aromatic carbocycles. The molecule has 0 atom stereocenters. The van der Waals surface area contributed by atoms with E-state index < -0.39 is 8.60 Å². The van der Waals surface area contributed by atoms with Gasteiger partial charge in [-0.2, -0.15) is 0 Å². The predicted octanol–water partition coefficient (Wildman–Crippen LogP) is 4.65. The van der Waals surface area contributed by atoms with Crippen molar-refractivity contribution in [1.82, 2.24) is 14.5 Å². The van der Waals surface area contributed by atoms with Crippen LogP contribution in [0.4, 0.5) is 0 Å². The van der Waals surface area contributed by atoms with Gasteiger partial charge in [0.2, 0.25) is 0 Å². The Morgan fingerprint density at radius 1 is 1.27 bits per heavy atom. The maximum atomic E-state index is 8.78. The van der Waals surface area contributed by atoms with Gasteiger partial charge in [0.15, 0.2) is 5.16 Å². The smallest absolute Gasteiger partial charge is 0.327 e. The zero-order valence-corrected chi connectivity index (χ0v) is 16.1. The number of imidazole rings is 1. The third-order valence-corrected chi connectivity index (χ3v) is 5.66. The van der Waals surface area contributed by atoms with Crippen molar-refractivity contribution in [2.24, 2.45) is 7.05 Å². The number of nitrogens with one attached hydrogen (secondary N) is 1. The summed E-state index contributed by atoms with van der Waals surface area (Å²) in [6, 6.07) is 12.1. The number of H-pyrrole nitrogens is 1. The van der Waals surface area contributed by atoms with Gasteiger partial charge in [0.05, 0.1) is 16.1 Å². The molecule has 0 bridgehead atoms. The monoisotopic (exact) mass is 407 g/mol. The Kier molecular flexibility index (Phi) is 4.92. The molecule has 0 unspecified atom stereocenters. The van der Waals surface area contributed by atoms with Gasteiger partial charge in [-0.15, -0.1) is 0 Å². The van der Waals surface area contributed by atoms with Gasteiger partial charge in [0, 0.05) is 29.7 Å². The Balaban J connectivity index is 1.69. The summed E-state index contributed by atoms with van der Waals surface area (Å²) in [6.45, 7) is 0. The number of aromatic nitrogens is 3. The van der Waals surface area contributed by atoms with E-state index in [-0.39, 0.29) is 5.94 Å². The summed E-state index contributed by atoms with van der Waals surface area (Å²) in [5, 5.41) is 2.42. The summed E-state index contributed by atoms with van der Waals surface area (Å²) in [5.41, 5.74) is 4.71. The van der Waals surface area contributed by atoms with Crippen molar-refractivity contribution >= 4 is 53.9 Å². The Morgan fingerprint density at radius 3 is 2.92 bits per heavy atom. The molecule has 0 aliphatic heterocycles. The van der Waals surface area contributed by atoms with E-state index in [0.717, 1.165) is 33.1 Å². The molecule has 9 heteroatoms. The van der Waals surface area contributed by atoms with Crippen molar-refractivity contribution in [2.45, 2.75) is 5.16 Å². The van der Waals surface area contributed by atoms with E-state index >= 15 is 0 Å². The number of benzene rings is 2. The number of aryl methyl sites for hydroxylation is 1. The standard InChI is InChI=1S/C17H15ClN3O3PS/c1-21-5-4-11-6-10(2-3-16(11)21)12-7-14-15(8-13(12)18)20-17(19-14)26-9-24-25(22)23/h2-8,22-23H,9H2,1H3,(H,19,20). The fourth-order valence-corrected chi connectivity index (χ4v) is 4.19. The van der Waals surface area contributed by atoms with E-state index in [4.69, 9.17) is 25.9 Å². The number of halogens is 1. The molecule has 0 spiro atoms. The molecule has 6 nitrogen and oxygen atoms in total. The van der Waals surface area contributed by atoms with Crippen LogP contribution in [0.2, 0.25) is 5.02 Å². The van der Waals surface area contributed by atoms with E-state index in [0.29, 0.717) is 10.2 Å². The number of hydrogen-bond donors (Lipinski definition) is 3. The van der Waals surface area contributed by atoms with E-state index in [1.807, 2.05) is 25.4 Å². The lowest BCUT2D eigenvalue weighted by molar-refractivity contribution is 0.299. The van der Waals surface area contributed by atoms with Gasteiger partial charge in [-0.05, 0) is 35.9 Å². The van der Waals surface area contributed by atoms with Crippen LogP contribution in [-0.4, -0.2) is 30.3 Å². The van der Waals surface area contributed by atoms with Crippen molar-refractivity contribution in [2.75, 3.05) is 5.94 Å². The molecule has 0 saturated carbocycles. The van der Waals surface area contributed by atoms with Crippen LogP contribution in [0.3, 0.4) is 0 Å². The highest BCUT2D eigenvalue weighted by molar-refractivity contribution is 7.99. The minimum Gasteiger partial charge on any atom is -0.351 e. The number of fused-ring (bicyclic) bond motifs is 2. The van der Waals surface area contributed by atoms with Crippen molar-refractivity contribution in [3.8, 4) is 11.1 Å². The van der Waals surface area contributed by atoms with E-state index in [1.165, 1.54) is 11.8 Å². The third kappa shape index (κ3) is 3.47. The molecule has 26 heavy (non-hydrogen) atoms. The van der Waals surface area contributed by atoms with E-state index in [9.17, 15) is 0 Å². The Labute approximate surface area is 159 Å². The molecule has 0 amide bonds. The zero-order valence-electron chi connectivity index (χ0n) is 13.7. The molecule has 0 fully saturated rings. The lowest BCUT2D eigenvalue weighted by Crippen LogP contribution is -1.85. The topological polar surface area (TPSA) is 83.3 Å². The lowest BCUT2D eigenvalue weighted by Gasteiger charge is -2.06. The van der Waals surface area contributed by atoms with Crippen LogP contribution in [0.15, 0.2) is 47.8 Å². The molecule has 134 valence electrons. The van der Waals surface area contributed by atoms with Crippen molar-refractivity contribution in [3.63, 3.8) is 0 Å². The van der Waals surface area contributed by atoms with Gasteiger partial charge in [-0.1, -0.05) is 29.4 Å². The minimum absolute atomic E-state index is 0.101. The minimum atomic E-state index is -2.36. The summed E-state index contributed by atoms with van der Waals surface area (Å²) < 4.78 is 6.83. The highest BCUT2D eigenvalue weighted by Crippen LogP contribution is 2.34. The first-order valence-electron chi connectivity index (χ1n) is 7.69. The van der Waals surface area contributed by atoms with Crippen LogP contribution < -0.4 is 0 Å². The molecule has 4 rings (SSSR count). The predicted molar refractivity (Wildman–Crippen MR) is 106 cm³/mol. The zero-order chi connectivity index (χ0) is 18.3. The lowest BCUT2D eigenvalue weighted by atomic mass is 10.0. The van der Waals surface area contributed by atoms with Crippen LogP contribution in [-0.2, 0) is 11.6 Å². The van der Waals surface area contributed by atoms with Gasteiger partial charge in [-0.3, -0.25) is 0 Å². The highest BCUT2D eigenvalue weighted by atomic mass is 35.5. The van der Waals surface area contributed by atoms with Gasteiger partial charge >= 0.3 is 8.60 Å². The summed E-state index contributed by atoms with van der Waals surface area (Å²) >= 11 is 7.75. The first-order chi connectivity index (χ1) is 12.5. The summed E-state index contributed by atoms with van der Waals surface area (Å²) in [7, 11) is -0.341. The fourth-order valence-electron chi connectivity index (χ4n) is 2.88. The SMILES string of the molecule is Cn1ccc2cc(-c3cc4nc(SCOP(O)O)[nH]c4cc3Cl)ccc21. The molecule has 0 aliphatic rings. The highest BCUT2D eigenvalue weighted by Gasteiger charge is 2.11. The summed E-state index contributed by atoms with van der Waals surface area (Å²) in [5.74, 6) is 0.101.